The van der Waals surface area contributed by atoms with Gasteiger partial charge in [-0.1, -0.05) is 0 Å². The van der Waals surface area contributed by atoms with E-state index in [2.05, 4.69) is 39.7 Å². The summed E-state index contributed by atoms with van der Waals surface area (Å²) in [6, 6.07) is 0.999. The maximum absolute atomic E-state index is 4.58. The highest BCUT2D eigenvalue weighted by Gasteiger charge is 2.36. The van der Waals surface area contributed by atoms with Crippen LogP contribution >= 0.6 is 11.3 Å². The molecule has 2 aromatic heterocycles. The van der Waals surface area contributed by atoms with Gasteiger partial charge in [0.1, 0.15) is 5.01 Å². The van der Waals surface area contributed by atoms with Gasteiger partial charge >= 0.3 is 0 Å². The van der Waals surface area contributed by atoms with Crippen molar-refractivity contribution in [3.8, 4) is 0 Å². The predicted octanol–water partition coefficient (Wildman–Crippen LogP) is 2.57. The van der Waals surface area contributed by atoms with Crippen molar-refractivity contribution < 1.29 is 0 Å². The highest BCUT2D eigenvalue weighted by Crippen LogP contribution is 2.43. The number of aromatic nitrogens is 5. The second-order valence-electron chi connectivity index (χ2n) is 6.23. The number of rotatable bonds is 6. The fraction of sp³-hybridized carbons (Fsp3) is 0.714. The Morgan fingerprint density at radius 3 is 2.76 bits per heavy atom. The zero-order chi connectivity index (χ0) is 14.4. The SMILES string of the molecule is Cc1cnc(C(NC(C)c2nnnn2C2CC2)C2CC2)s1. The molecule has 21 heavy (non-hydrogen) atoms. The van der Waals surface area contributed by atoms with Gasteiger partial charge in [0.15, 0.2) is 5.82 Å². The molecular formula is C14H20N6S. The molecule has 0 radical (unpaired) electrons. The zero-order valence-corrected chi connectivity index (χ0v) is 13.2. The quantitative estimate of drug-likeness (QED) is 0.888. The van der Waals surface area contributed by atoms with Gasteiger partial charge in [0.05, 0.1) is 18.1 Å². The van der Waals surface area contributed by atoms with Gasteiger partial charge in [0, 0.05) is 11.1 Å². The second-order valence-corrected chi connectivity index (χ2v) is 7.49. The van der Waals surface area contributed by atoms with Crippen LogP contribution in [0.15, 0.2) is 6.20 Å². The Morgan fingerprint density at radius 1 is 1.33 bits per heavy atom. The molecule has 112 valence electrons. The molecule has 4 rings (SSSR count). The molecule has 7 heteroatoms. The van der Waals surface area contributed by atoms with Gasteiger partial charge in [-0.2, -0.15) is 0 Å². The van der Waals surface area contributed by atoms with Crippen molar-refractivity contribution in [2.45, 2.75) is 57.7 Å². The summed E-state index contributed by atoms with van der Waals surface area (Å²) in [5.74, 6) is 1.67. The second kappa shape index (κ2) is 5.14. The normalized spacial score (nSPS) is 21.4. The highest BCUT2D eigenvalue weighted by molar-refractivity contribution is 7.11. The third-order valence-corrected chi connectivity index (χ3v) is 5.22. The van der Waals surface area contributed by atoms with E-state index in [0.717, 1.165) is 5.82 Å². The average molecular weight is 304 g/mol. The molecule has 0 saturated heterocycles. The molecule has 0 bridgehead atoms. The summed E-state index contributed by atoms with van der Waals surface area (Å²) >= 11 is 1.79. The molecule has 6 nitrogen and oxygen atoms in total. The van der Waals surface area contributed by atoms with E-state index in [1.54, 1.807) is 11.3 Å². The minimum Gasteiger partial charge on any atom is -0.298 e. The predicted molar refractivity (Wildman–Crippen MR) is 80.0 cm³/mol. The Labute approximate surface area is 128 Å². The van der Waals surface area contributed by atoms with Crippen molar-refractivity contribution in [3.05, 3.63) is 21.9 Å². The fourth-order valence-electron chi connectivity index (χ4n) is 2.76. The maximum Gasteiger partial charge on any atom is 0.168 e. The van der Waals surface area contributed by atoms with Crippen LogP contribution < -0.4 is 5.32 Å². The van der Waals surface area contributed by atoms with Gasteiger partial charge in [0.25, 0.3) is 0 Å². The summed E-state index contributed by atoms with van der Waals surface area (Å²) in [7, 11) is 0. The molecular weight excluding hydrogens is 284 g/mol. The van der Waals surface area contributed by atoms with Crippen molar-refractivity contribution in [2.24, 2.45) is 5.92 Å². The average Bonchev–Trinajstić information content (AvgIpc) is 3.40. The molecule has 0 spiro atoms. The van der Waals surface area contributed by atoms with Crippen molar-refractivity contribution in [1.29, 1.82) is 0 Å². The monoisotopic (exact) mass is 304 g/mol. The van der Waals surface area contributed by atoms with Crippen LogP contribution in [0.4, 0.5) is 0 Å². The molecule has 2 atom stereocenters. The lowest BCUT2D eigenvalue weighted by Gasteiger charge is -2.21. The summed E-state index contributed by atoms with van der Waals surface area (Å²) in [6.07, 6.45) is 6.94. The first kappa shape index (κ1) is 13.3. The number of nitrogens with zero attached hydrogens (tertiary/aromatic N) is 5. The molecule has 0 aromatic carbocycles. The summed E-state index contributed by atoms with van der Waals surface area (Å²) in [6.45, 7) is 4.27. The summed E-state index contributed by atoms with van der Waals surface area (Å²) in [5, 5.41) is 17.2. The molecule has 2 heterocycles. The molecule has 2 aliphatic carbocycles. The van der Waals surface area contributed by atoms with Gasteiger partial charge < -0.3 is 0 Å². The smallest absolute Gasteiger partial charge is 0.168 e. The number of hydrogen-bond donors (Lipinski definition) is 1. The lowest BCUT2D eigenvalue weighted by atomic mass is 10.1. The number of thiazole rings is 1. The minimum absolute atomic E-state index is 0.149. The van der Waals surface area contributed by atoms with Crippen LogP contribution in [-0.2, 0) is 0 Å². The van der Waals surface area contributed by atoms with Gasteiger partial charge in [-0.3, -0.25) is 5.32 Å². The van der Waals surface area contributed by atoms with Crippen LogP contribution in [0.3, 0.4) is 0 Å². The minimum atomic E-state index is 0.149. The van der Waals surface area contributed by atoms with E-state index in [9.17, 15) is 0 Å². The Balaban J connectivity index is 1.53. The van der Waals surface area contributed by atoms with E-state index in [1.807, 2.05) is 10.9 Å². The first-order valence-corrected chi connectivity index (χ1v) is 8.50. The van der Waals surface area contributed by atoms with Crippen LogP contribution in [0, 0.1) is 12.8 Å². The van der Waals surface area contributed by atoms with Gasteiger partial charge in [0.2, 0.25) is 0 Å². The van der Waals surface area contributed by atoms with Crippen molar-refractivity contribution in [2.75, 3.05) is 0 Å². The van der Waals surface area contributed by atoms with Gasteiger partial charge in [-0.05, 0) is 55.9 Å². The molecule has 2 saturated carbocycles. The summed E-state index contributed by atoms with van der Waals surface area (Å²) in [4.78, 5) is 5.85. The van der Waals surface area contributed by atoms with Crippen LogP contribution in [-0.4, -0.2) is 25.2 Å². The van der Waals surface area contributed by atoms with Crippen molar-refractivity contribution >= 4 is 11.3 Å². The van der Waals surface area contributed by atoms with Crippen LogP contribution in [0.5, 0.6) is 0 Å². The first-order chi connectivity index (χ1) is 10.2. The van der Waals surface area contributed by atoms with E-state index in [0.29, 0.717) is 18.0 Å². The number of aryl methyl sites for hydroxylation is 1. The summed E-state index contributed by atoms with van der Waals surface area (Å²) in [5.41, 5.74) is 0. The lowest BCUT2D eigenvalue weighted by molar-refractivity contribution is 0.399. The molecule has 0 aliphatic heterocycles. The molecule has 2 aromatic rings. The van der Waals surface area contributed by atoms with Crippen LogP contribution in [0.1, 0.15) is 66.4 Å². The van der Waals surface area contributed by atoms with Gasteiger partial charge in [-0.25, -0.2) is 9.67 Å². The van der Waals surface area contributed by atoms with E-state index in [-0.39, 0.29) is 6.04 Å². The molecule has 1 N–H and O–H groups in total. The largest absolute Gasteiger partial charge is 0.298 e. The Bertz CT molecular complexity index is 627. The molecule has 0 amide bonds. The number of nitrogens with one attached hydrogen (secondary N) is 1. The summed E-state index contributed by atoms with van der Waals surface area (Å²) < 4.78 is 1.99. The highest BCUT2D eigenvalue weighted by atomic mass is 32.1. The van der Waals surface area contributed by atoms with E-state index in [4.69, 9.17) is 0 Å². The Hall–Kier alpha value is -1.34. The van der Waals surface area contributed by atoms with E-state index < -0.39 is 0 Å². The number of tetrazole rings is 1. The van der Waals surface area contributed by atoms with E-state index >= 15 is 0 Å². The van der Waals surface area contributed by atoms with Gasteiger partial charge in [-0.15, -0.1) is 16.4 Å². The zero-order valence-electron chi connectivity index (χ0n) is 12.4. The van der Waals surface area contributed by atoms with Crippen LogP contribution in [0.2, 0.25) is 0 Å². The molecule has 2 unspecified atom stereocenters. The molecule has 2 aliphatic rings. The first-order valence-electron chi connectivity index (χ1n) is 7.68. The molecule has 2 fully saturated rings. The Kier molecular flexibility index (Phi) is 3.26. The van der Waals surface area contributed by atoms with Crippen molar-refractivity contribution in [1.82, 2.24) is 30.5 Å². The lowest BCUT2D eigenvalue weighted by Crippen LogP contribution is -2.28. The Morgan fingerprint density at radius 2 is 2.14 bits per heavy atom. The van der Waals surface area contributed by atoms with Crippen molar-refractivity contribution in [3.63, 3.8) is 0 Å². The van der Waals surface area contributed by atoms with Crippen LogP contribution in [0.25, 0.3) is 0 Å². The topological polar surface area (TPSA) is 68.5 Å². The standard InChI is InChI=1S/C14H20N6S/c1-8-7-15-14(21-8)12(10-3-4-10)16-9(2)13-17-18-19-20(13)11-5-6-11/h7,9-12,16H,3-6H2,1-2H3. The van der Waals surface area contributed by atoms with E-state index in [1.165, 1.54) is 35.6 Å². The number of hydrogen-bond acceptors (Lipinski definition) is 6. The third kappa shape index (κ3) is 2.72. The maximum atomic E-state index is 4.58. The third-order valence-electron chi connectivity index (χ3n) is 4.23. The fourth-order valence-corrected chi connectivity index (χ4v) is 3.69.